The Hall–Kier alpha value is -3.05. The quantitative estimate of drug-likeness (QED) is 0.359. The molecule has 0 aliphatic rings. The van der Waals surface area contributed by atoms with Crippen molar-refractivity contribution < 1.29 is 9.47 Å². The lowest BCUT2D eigenvalue weighted by Gasteiger charge is -2.16. The number of thiazole rings is 1. The van der Waals surface area contributed by atoms with Gasteiger partial charge in [0.15, 0.2) is 16.6 Å². The first-order valence-corrected chi connectivity index (χ1v) is 11.9. The summed E-state index contributed by atoms with van der Waals surface area (Å²) in [6.45, 7) is 12.3. The Morgan fingerprint density at radius 2 is 1.78 bits per heavy atom. The van der Waals surface area contributed by atoms with Crippen LogP contribution in [0.15, 0.2) is 60.1 Å². The lowest BCUT2D eigenvalue weighted by Crippen LogP contribution is -2.08. The van der Waals surface area contributed by atoms with Crippen LogP contribution in [0.2, 0.25) is 0 Å². The van der Waals surface area contributed by atoms with E-state index in [0.717, 1.165) is 39.6 Å². The maximum Gasteiger partial charge on any atom is 0.187 e. The highest BCUT2D eigenvalue weighted by Gasteiger charge is 2.13. The summed E-state index contributed by atoms with van der Waals surface area (Å²) in [5, 5.41) is 6.46. The molecule has 0 fully saturated rings. The highest BCUT2D eigenvalue weighted by atomic mass is 32.1. The van der Waals surface area contributed by atoms with Crippen molar-refractivity contribution in [2.45, 2.75) is 34.1 Å². The van der Waals surface area contributed by atoms with Gasteiger partial charge in [0.2, 0.25) is 0 Å². The van der Waals surface area contributed by atoms with Crippen LogP contribution < -0.4 is 14.8 Å². The summed E-state index contributed by atoms with van der Waals surface area (Å²) in [6, 6.07) is 14.1. The molecule has 5 heteroatoms. The van der Waals surface area contributed by atoms with Gasteiger partial charge in [0.05, 0.1) is 19.9 Å². The molecule has 0 radical (unpaired) electrons. The van der Waals surface area contributed by atoms with Gasteiger partial charge in [0, 0.05) is 16.6 Å². The molecule has 170 valence electrons. The predicted octanol–water partition coefficient (Wildman–Crippen LogP) is 8.00. The molecule has 0 bridgehead atoms. The van der Waals surface area contributed by atoms with Crippen molar-refractivity contribution in [1.82, 2.24) is 4.98 Å². The third-order valence-electron chi connectivity index (χ3n) is 5.10. The van der Waals surface area contributed by atoms with E-state index in [1.807, 2.05) is 50.3 Å². The van der Waals surface area contributed by atoms with Crippen molar-refractivity contribution in [3.63, 3.8) is 0 Å². The first-order chi connectivity index (χ1) is 15.6. The third kappa shape index (κ3) is 6.24. The van der Waals surface area contributed by atoms with E-state index in [9.17, 15) is 0 Å². The average molecular weight is 451 g/mol. The van der Waals surface area contributed by atoms with Crippen molar-refractivity contribution in [2.75, 3.05) is 19.5 Å². The largest absolute Gasteiger partial charge is 0.493 e. The Morgan fingerprint density at radius 1 is 1.09 bits per heavy atom. The van der Waals surface area contributed by atoms with Crippen molar-refractivity contribution in [3.05, 3.63) is 71.2 Å². The van der Waals surface area contributed by atoms with E-state index < -0.39 is 0 Å². The second-order valence-electron chi connectivity index (χ2n) is 6.97. The number of nitrogens with one attached hydrogen (secondary N) is 1. The molecule has 0 saturated carbocycles. The van der Waals surface area contributed by atoms with Crippen LogP contribution in [0.1, 0.15) is 45.2 Å². The fourth-order valence-corrected chi connectivity index (χ4v) is 3.84. The molecule has 3 aromatic rings. The summed E-state index contributed by atoms with van der Waals surface area (Å²) < 4.78 is 10.8. The number of anilines is 1. The van der Waals surface area contributed by atoms with Gasteiger partial charge in [-0.25, -0.2) is 4.98 Å². The van der Waals surface area contributed by atoms with Crippen LogP contribution in [0.5, 0.6) is 11.5 Å². The number of hydrogen-bond acceptors (Lipinski definition) is 5. The van der Waals surface area contributed by atoms with Gasteiger partial charge < -0.3 is 14.8 Å². The average Bonchev–Trinajstić information content (AvgIpc) is 3.32. The molecule has 0 saturated heterocycles. The van der Waals surface area contributed by atoms with Gasteiger partial charge in [0.25, 0.3) is 0 Å². The van der Waals surface area contributed by atoms with Gasteiger partial charge >= 0.3 is 0 Å². The first kappa shape index (κ1) is 25.2. The van der Waals surface area contributed by atoms with Crippen molar-refractivity contribution in [2.24, 2.45) is 5.92 Å². The number of ether oxygens (including phenoxy) is 2. The van der Waals surface area contributed by atoms with E-state index in [4.69, 9.17) is 14.5 Å². The Balaban J connectivity index is 0.00000176. The molecule has 0 spiro atoms. The van der Waals surface area contributed by atoms with Crippen LogP contribution in [0, 0.1) is 5.92 Å². The number of aromatic nitrogens is 1. The van der Waals surface area contributed by atoms with Crippen molar-refractivity contribution >= 4 is 28.6 Å². The third-order valence-corrected chi connectivity index (χ3v) is 5.86. The number of hydrogen-bond donors (Lipinski definition) is 1. The second kappa shape index (κ2) is 12.7. The summed E-state index contributed by atoms with van der Waals surface area (Å²) in [4.78, 5) is 4.80. The van der Waals surface area contributed by atoms with Crippen molar-refractivity contribution in [1.29, 1.82) is 0 Å². The molecule has 1 atom stereocenters. The Kier molecular flexibility index (Phi) is 10.0. The second-order valence-corrected chi connectivity index (χ2v) is 7.83. The number of methoxy groups -OCH3 is 2. The van der Waals surface area contributed by atoms with Crippen LogP contribution in [-0.2, 0) is 0 Å². The Morgan fingerprint density at radius 3 is 2.41 bits per heavy atom. The molecular weight excluding hydrogens is 416 g/mol. The summed E-state index contributed by atoms with van der Waals surface area (Å²) in [7, 11) is 3.27. The zero-order valence-electron chi connectivity index (χ0n) is 19.9. The van der Waals surface area contributed by atoms with Gasteiger partial charge in [-0.05, 0) is 47.7 Å². The molecule has 1 N–H and O–H groups in total. The van der Waals surface area contributed by atoms with E-state index in [1.165, 1.54) is 0 Å². The highest BCUT2D eigenvalue weighted by Crippen LogP contribution is 2.34. The van der Waals surface area contributed by atoms with Crippen LogP contribution in [-0.4, -0.2) is 19.2 Å². The predicted molar refractivity (Wildman–Crippen MR) is 140 cm³/mol. The number of nitrogens with zero attached hydrogens (tertiary/aromatic N) is 1. The standard InChI is InChI=1S/C25H28N2O2S.C2H6/c1-6-17(3)21(14-19-11-9-8-10-18(19)7-2)26-25-27-22(16-30-25)20-12-13-23(28-4)24(15-20)29-5;1-2/h7-17H,2,6H2,1,3-5H3,(H,26,27);1-2H3/b21-14+;. The molecule has 4 nitrogen and oxygen atoms in total. The zero-order valence-corrected chi connectivity index (χ0v) is 20.8. The minimum Gasteiger partial charge on any atom is -0.493 e. The zero-order chi connectivity index (χ0) is 23.5. The van der Waals surface area contributed by atoms with Crippen molar-refractivity contribution in [3.8, 4) is 22.8 Å². The Labute approximate surface area is 196 Å². The van der Waals surface area contributed by atoms with Gasteiger partial charge in [-0.1, -0.05) is 64.6 Å². The molecule has 0 aliphatic carbocycles. The van der Waals surface area contributed by atoms with Gasteiger partial charge in [-0.3, -0.25) is 0 Å². The molecule has 32 heavy (non-hydrogen) atoms. The maximum absolute atomic E-state index is 5.42. The van der Waals surface area contributed by atoms with Crippen LogP contribution >= 0.6 is 11.3 Å². The molecule has 1 unspecified atom stereocenters. The van der Waals surface area contributed by atoms with E-state index in [0.29, 0.717) is 17.4 Å². The van der Waals surface area contributed by atoms with E-state index >= 15 is 0 Å². The number of rotatable bonds is 9. The number of allylic oxidation sites excluding steroid dienone is 1. The lowest BCUT2D eigenvalue weighted by molar-refractivity contribution is 0.355. The monoisotopic (exact) mass is 450 g/mol. The summed E-state index contributed by atoms with van der Waals surface area (Å²) in [6.07, 6.45) is 5.12. The lowest BCUT2D eigenvalue weighted by atomic mass is 10.00. The normalized spacial score (nSPS) is 11.8. The highest BCUT2D eigenvalue weighted by molar-refractivity contribution is 7.14. The smallest absolute Gasteiger partial charge is 0.187 e. The maximum atomic E-state index is 5.42. The van der Waals surface area contributed by atoms with E-state index in [-0.39, 0.29) is 0 Å². The summed E-state index contributed by atoms with van der Waals surface area (Å²) in [5.41, 5.74) is 5.29. The molecule has 0 amide bonds. The molecular formula is C27H34N2O2S. The van der Waals surface area contributed by atoms with Gasteiger partial charge in [0.1, 0.15) is 0 Å². The molecule has 2 aromatic carbocycles. The van der Waals surface area contributed by atoms with Crippen LogP contribution in [0.3, 0.4) is 0 Å². The topological polar surface area (TPSA) is 43.4 Å². The van der Waals surface area contributed by atoms with Crippen LogP contribution in [0.25, 0.3) is 23.4 Å². The Bertz CT molecular complexity index is 1040. The molecule has 3 rings (SSSR count). The van der Waals surface area contributed by atoms with Gasteiger partial charge in [-0.2, -0.15) is 0 Å². The van der Waals surface area contributed by atoms with Gasteiger partial charge in [-0.15, -0.1) is 11.3 Å². The fraction of sp³-hybridized carbons (Fsp3) is 0.296. The minimum atomic E-state index is 0.372. The van der Waals surface area contributed by atoms with E-state index in [2.05, 4.69) is 49.3 Å². The molecule has 1 heterocycles. The fourth-order valence-electron chi connectivity index (χ4n) is 3.10. The van der Waals surface area contributed by atoms with E-state index in [1.54, 1.807) is 25.6 Å². The summed E-state index contributed by atoms with van der Waals surface area (Å²) in [5.74, 6) is 1.77. The minimum absolute atomic E-state index is 0.372. The first-order valence-electron chi connectivity index (χ1n) is 11.0. The SMILES string of the molecule is C=Cc1ccccc1/C=C(/Nc1nc(-c2ccc(OC)c(OC)c2)cs1)C(C)CC.CC. The van der Waals surface area contributed by atoms with Crippen LogP contribution in [0.4, 0.5) is 5.13 Å². The number of benzene rings is 2. The molecule has 0 aliphatic heterocycles. The summed E-state index contributed by atoms with van der Waals surface area (Å²) >= 11 is 1.59. The molecule has 1 aromatic heterocycles.